The molecule has 0 radical (unpaired) electrons. The van der Waals surface area contributed by atoms with Crippen molar-refractivity contribution in [3.8, 4) is 0 Å². The SMILES string of the molecule is CCCNC1CCCC1CCN(C)CC(C)CC. The van der Waals surface area contributed by atoms with Crippen LogP contribution in [0.15, 0.2) is 0 Å². The van der Waals surface area contributed by atoms with Crippen molar-refractivity contribution in [1.82, 2.24) is 10.2 Å². The minimum absolute atomic E-state index is 0.807. The molecule has 0 spiro atoms. The van der Waals surface area contributed by atoms with Crippen molar-refractivity contribution in [2.24, 2.45) is 11.8 Å². The number of hydrogen-bond donors (Lipinski definition) is 1. The van der Waals surface area contributed by atoms with Crippen LogP contribution in [0.1, 0.15) is 59.3 Å². The molecular weight excluding hydrogens is 220 g/mol. The van der Waals surface area contributed by atoms with Crippen LogP contribution in [-0.2, 0) is 0 Å². The van der Waals surface area contributed by atoms with Gasteiger partial charge in [0.05, 0.1) is 0 Å². The van der Waals surface area contributed by atoms with E-state index in [1.54, 1.807) is 0 Å². The summed E-state index contributed by atoms with van der Waals surface area (Å²) in [5.74, 6) is 1.77. The molecule has 108 valence electrons. The van der Waals surface area contributed by atoms with Gasteiger partial charge in [-0.05, 0) is 57.7 Å². The highest BCUT2D eigenvalue weighted by atomic mass is 15.1. The molecule has 18 heavy (non-hydrogen) atoms. The Hall–Kier alpha value is -0.0800. The average Bonchev–Trinajstić information content (AvgIpc) is 2.81. The molecule has 1 N–H and O–H groups in total. The van der Waals surface area contributed by atoms with Crippen LogP contribution >= 0.6 is 0 Å². The van der Waals surface area contributed by atoms with Crippen LogP contribution in [0.25, 0.3) is 0 Å². The van der Waals surface area contributed by atoms with Crippen LogP contribution in [0.4, 0.5) is 0 Å². The summed E-state index contributed by atoms with van der Waals surface area (Å²) in [4.78, 5) is 2.53. The van der Waals surface area contributed by atoms with Gasteiger partial charge in [-0.3, -0.25) is 0 Å². The van der Waals surface area contributed by atoms with E-state index >= 15 is 0 Å². The van der Waals surface area contributed by atoms with E-state index in [9.17, 15) is 0 Å². The zero-order chi connectivity index (χ0) is 13.4. The maximum atomic E-state index is 3.74. The summed E-state index contributed by atoms with van der Waals surface area (Å²) < 4.78 is 0. The fourth-order valence-corrected chi connectivity index (χ4v) is 3.12. The Kier molecular flexibility index (Phi) is 7.92. The van der Waals surface area contributed by atoms with E-state index in [4.69, 9.17) is 0 Å². The second kappa shape index (κ2) is 8.92. The standard InChI is InChI=1S/C16H34N2/c1-5-11-17-16-9-7-8-15(16)10-12-18(4)13-14(3)6-2/h14-17H,5-13H2,1-4H3. The van der Waals surface area contributed by atoms with E-state index < -0.39 is 0 Å². The third kappa shape index (κ3) is 5.71. The maximum Gasteiger partial charge on any atom is 0.00958 e. The summed E-state index contributed by atoms with van der Waals surface area (Å²) in [5.41, 5.74) is 0. The van der Waals surface area contributed by atoms with Crippen molar-refractivity contribution in [1.29, 1.82) is 0 Å². The van der Waals surface area contributed by atoms with Crippen LogP contribution in [0.2, 0.25) is 0 Å². The Balaban J connectivity index is 2.20. The summed E-state index contributed by atoms with van der Waals surface area (Å²) in [7, 11) is 2.29. The molecule has 1 rings (SSSR count). The lowest BCUT2D eigenvalue weighted by atomic mass is 9.99. The van der Waals surface area contributed by atoms with Crippen LogP contribution in [0.5, 0.6) is 0 Å². The Bertz CT molecular complexity index is 205. The van der Waals surface area contributed by atoms with E-state index in [-0.39, 0.29) is 0 Å². The van der Waals surface area contributed by atoms with Gasteiger partial charge in [0.2, 0.25) is 0 Å². The van der Waals surface area contributed by atoms with Crippen molar-refractivity contribution in [2.45, 2.75) is 65.3 Å². The highest BCUT2D eigenvalue weighted by Crippen LogP contribution is 2.28. The summed E-state index contributed by atoms with van der Waals surface area (Å²) >= 11 is 0. The molecule has 1 aliphatic rings. The molecule has 0 amide bonds. The lowest BCUT2D eigenvalue weighted by molar-refractivity contribution is 0.249. The second-order valence-corrected chi connectivity index (χ2v) is 6.32. The first-order chi connectivity index (χ1) is 8.67. The van der Waals surface area contributed by atoms with Gasteiger partial charge in [0, 0.05) is 12.6 Å². The lowest BCUT2D eigenvalue weighted by Crippen LogP contribution is -2.35. The first-order valence-electron chi connectivity index (χ1n) is 8.09. The highest BCUT2D eigenvalue weighted by Gasteiger charge is 2.26. The number of nitrogens with one attached hydrogen (secondary N) is 1. The van der Waals surface area contributed by atoms with Crippen molar-refractivity contribution in [3.05, 3.63) is 0 Å². The van der Waals surface area contributed by atoms with Crippen molar-refractivity contribution < 1.29 is 0 Å². The molecule has 0 aromatic carbocycles. The fourth-order valence-electron chi connectivity index (χ4n) is 3.12. The zero-order valence-corrected chi connectivity index (χ0v) is 13.0. The van der Waals surface area contributed by atoms with E-state index in [0.29, 0.717) is 0 Å². The van der Waals surface area contributed by atoms with Crippen molar-refractivity contribution in [3.63, 3.8) is 0 Å². The average molecular weight is 254 g/mol. The molecule has 0 bridgehead atoms. The highest BCUT2D eigenvalue weighted by molar-refractivity contribution is 4.83. The van der Waals surface area contributed by atoms with Crippen molar-refractivity contribution in [2.75, 3.05) is 26.7 Å². The Labute approximate surface area is 115 Å². The number of rotatable bonds is 9. The normalized spacial score (nSPS) is 25.8. The quantitative estimate of drug-likeness (QED) is 0.677. The molecule has 0 saturated heterocycles. The summed E-state index contributed by atoms with van der Waals surface area (Å²) in [5, 5.41) is 3.74. The first kappa shape index (κ1) is 16.0. The molecule has 1 aliphatic carbocycles. The third-order valence-electron chi connectivity index (χ3n) is 4.52. The molecule has 2 heteroatoms. The van der Waals surface area contributed by atoms with E-state index in [0.717, 1.165) is 17.9 Å². The van der Waals surface area contributed by atoms with Gasteiger partial charge in [-0.2, -0.15) is 0 Å². The Morgan fingerprint density at radius 2 is 2.06 bits per heavy atom. The Morgan fingerprint density at radius 3 is 2.72 bits per heavy atom. The first-order valence-corrected chi connectivity index (χ1v) is 8.09. The topological polar surface area (TPSA) is 15.3 Å². The molecule has 1 fully saturated rings. The lowest BCUT2D eigenvalue weighted by Gasteiger charge is -2.25. The minimum Gasteiger partial charge on any atom is -0.314 e. The Morgan fingerprint density at radius 1 is 1.28 bits per heavy atom. The van der Waals surface area contributed by atoms with E-state index in [2.05, 4.69) is 38.0 Å². The molecule has 0 aliphatic heterocycles. The predicted octanol–water partition coefficient (Wildman–Crippen LogP) is 3.52. The minimum atomic E-state index is 0.807. The molecular formula is C16H34N2. The van der Waals surface area contributed by atoms with Crippen LogP contribution in [-0.4, -0.2) is 37.6 Å². The van der Waals surface area contributed by atoms with Gasteiger partial charge < -0.3 is 10.2 Å². The second-order valence-electron chi connectivity index (χ2n) is 6.32. The van der Waals surface area contributed by atoms with Gasteiger partial charge in [-0.1, -0.05) is 33.6 Å². The van der Waals surface area contributed by atoms with Crippen molar-refractivity contribution >= 4 is 0 Å². The van der Waals surface area contributed by atoms with Gasteiger partial charge in [0.25, 0.3) is 0 Å². The number of nitrogens with zero attached hydrogens (tertiary/aromatic N) is 1. The number of hydrogen-bond acceptors (Lipinski definition) is 2. The molecule has 0 heterocycles. The zero-order valence-electron chi connectivity index (χ0n) is 13.0. The third-order valence-corrected chi connectivity index (χ3v) is 4.52. The van der Waals surface area contributed by atoms with Gasteiger partial charge in [-0.25, -0.2) is 0 Å². The summed E-state index contributed by atoms with van der Waals surface area (Å²) in [6.45, 7) is 10.6. The van der Waals surface area contributed by atoms with E-state index in [1.807, 2.05) is 0 Å². The van der Waals surface area contributed by atoms with Gasteiger partial charge in [-0.15, -0.1) is 0 Å². The largest absolute Gasteiger partial charge is 0.314 e. The molecule has 0 aromatic rings. The maximum absolute atomic E-state index is 3.74. The smallest absolute Gasteiger partial charge is 0.00958 e. The predicted molar refractivity (Wildman–Crippen MR) is 81.0 cm³/mol. The van der Waals surface area contributed by atoms with Crippen LogP contribution < -0.4 is 5.32 Å². The van der Waals surface area contributed by atoms with E-state index in [1.165, 1.54) is 58.2 Å². The van der Waals surface area contributed by atoms with Gasteiger partial charge in [0.15, 0.2) is 0 Å². The summed E-state index contributed by atoms with van der Waals surface area (Å²) in [6, 6.07) is 0.807. The molecule has 3 unspecified atom stereocenters. The molecule has 1 saturated carbocycles. The fraction of sp³-hybridized carbons (Fsp3) is 1.00. The molecule has 3 atom stereocenters. The van der Waals surface area contributed by atoms with Crippen LogP contribution in [0, 0.1) is 11.8 Å². The van der Waals surface area contributed by atoms with Gasteiger partial charge >= 0.3 is 0 Å². The molecule has 0 aromatic heterocycles. The monoisotopic (exact) mass is 254 g/mol. The van der Waals surface area contributed by atoms with Crippen LogP contribution in [0.3, 0.4) is 0 Å². The summed E-state index contributed by atoms with van der Waals surface area (Å²) in [6.07, 6.45) is 8.22. The molecule has 2 nitrogen and oxygen atoms in total. The van der Waals surface area contributed by atoms with Gasteiger partial charge in [0.1, 0.15) is 0 Å².